The van der Waals surface area contributed by atoms with Crippen LogP contribution in [0.25, 0.3) is 0 Å². The summed E-state index contributed by atoms with van der Waals surface area (Å²) in [5.74, 6) is 0.598. The topological polar surface area (TPSA) is 50.4 Å². The van der Waals surface area contributed by atoms with Crippen molar-refractivity contribution in [1.82, 2.24) is 10.9 Å². The molecule has 120 valence electrons. The lowest BCUT2D eigenvalue weighted by molar-refractivity contribution is 0.128. The minimum Gasteiger partial charge on any atom is -0.444 e. The van der Waals surface area contributed by atoms with E-state index in [0.717, 1.165) is 12.0 Å². The third-order valence-corrected chi connectivity index (χ3v) is 4.21. The number of benzene rings is 1. The Hall–Kier alpha value is -1.81. The molecule has 22 heavy (non-hydrogen) atoms. The van der Waals surface area contributed by atoms with Crippen molar-refractivity contribution in [2.75, 3.05) is 0 Å². The van der Waals surface area contributed by atoms with Gasteiger partial charge in [0.1, 0.15) is 6.61 Å². The maximum absolute atomic E-state index is 11.8. The molecule has 2 N–H and O–H groups in total. The number of amides is 1. The first kappa shape index (κ1) is 16.6. The van der Waals surface area contributed by atoms with Crippen molar-refractivity contribution >= 4 is 6.09 Å². The molecule has 1 fully saturated rings. The van der Waals surface area contributed by atoms with Crippen molar-refractivity contribution in [1.29, 1.82) is 0 Å². The molecule has 1 amide bonds. The van der Waals surface area contributed by atoms with E-state index in [1.54, 1.807) is 0 Å². The molecule has 1 unspecified atom stereocenters. The average Bonchev–Trinajstić information content (AvgIpc) is 2.58. The first-order valence-electron chi connectivity index (χ1n) is 8.12. The molecule has 0 aromatic heterocycles. The maximum atomic E-state index is 11.8. The van der Waals surface area contributed by atoms with Crippen molar-refractivity contribution in [3.8, 4) is 0 Å². The summed E-state index contributed by atoms with van der Waals surface area (Å²) in [5, 5.41) is 0. The molecule has 0 spiro atoms. The van der Waals surface area contributed by atoms with E-state index in [1.807, 2.05) is 36.4 Å². The summed E-state index contributed by atoms with van der Waals surface area (Å²) in [7, 11) is 0. The Morgan fingerprint density at radius 2 is 2.00 bits per heavy atom. The lowest BCUT2D eigenvalue weighted by Gasteiger charge is -2.30. The molecule has 0 saturated heterocycles. The number of rotatable bonds is 7. The summed E-state index contributed by atoms with van der Waals surface area (Å²) >= 11 is 0. The Morgan fingerprint density at radius 3 is 2.68 bits per heavy atom. The third-order valence-electron chi connectivity index (χ3n) is 4.21. The van der Waals surface area contributed by atoms with Gasteiger partial charge in [-0.2, -0.15) is 0 Å². The molecule has 0 heterocycles. The van der Waals surface area contributed by atoms with E-state index in [0.29, 0.717) is 5.92 Å². The molecule has 0 bridgehead atoms. The first-order chi connectivity index (χ1) is 10.8. The predicted octanol–water partition coefficient (Wildman–Crippen LogP) is 3.94. The zero-order valence-electron chi connectivity index (χ0n) is 13.1. The van der Waals surface area contributed by atoms with Crippen LogP contribution in [0.3, 0.4) is 0 Å². The molecule has 1 aromatic carbocycles. The van der Waals surface area contributed by atoms with Crippen LogP contribution in [0.2, 0.25) is 0 Å². The summed E-state index contributed by atoms with van der Waals surface area (Å²) in [6, 6.07) is 9.90. The minimum atomic E-state index is -0.436. The Kier molecular flexibility index (Phi) is 6.97. The van der Waals surface area contributed by atoms with Gasteiger partial charge in [0.15, 0.2) is 0 Å². The largest absolute Gasteiger partial charge is 0.444 e. The van der Waals surface area contributed by atoms with Crippen LogP contribution in [0.4, 0.5) is 4.79 Å². The highest BCUT2D eigenvalue weighted by molar-refractivity contribution is 5.66. The number of carbonyl (C=O) groups is 1. The minimum absolute atomic E-state index is 0.238. The van der Waals surface area contributed by atoms with Gasteiger partial charge in [-0.3, -0.25) is 5.43 Å². The number of nitrogens with one attached hydrogen (secondary N) is 2. The normalized spacial score (nSPS) is 16.7. The fraction of sp³-hybridized carbons (Fsp3) is 0.500. The summed E-state index contributed by atoms with van der Waals surface area (Å²) in [5.41, 5.74) is 6.79. The predicted molar refractivity (Wildman–Crippen MR) is 88.1 cm³/mol. The molecule has 1 aromatic rings. The monoisotopic (exact) mass is 302 g/mol. The van der Waals surface area contributed by atoms with Crippen molar-refractivity contribution in [3.05, 3.63) is 48.6 Å². The van der Waals surface area contributed by atoms with E-state index in [1.165, 1.54) is 32.1 Å². The zero-order chi connectivity index (χ0) is 15.6. The molecule has 0 radical (unpaired) electrons. The molecular formula is C18H26N2O2. The van der Waals surface area contributed by atoms with Crippen molar-refractivity contribution in [2.24, 2.45) is 5.92 Å². The molecule has 4 nitrogen and oxygen atoms in total. The molecule has 0 aliphatic heterocycles. The number of hydrogen-bond acceptors (Lipinski definition) is 3. The van der Waals surface area contributed by atoms with Crippen molar-refractivity contribution in [2.45, 2.75) is 51.2 Å². The second-order valence-electron chi connectivity index (χ2n) is 5.86. The molecular weight excluding hydrogens is 276 g/mol. The molecule has 1 aliphatic rings. The third kappa shape index (κ3) is 5.53. The van der Waals surface area contributed by atoms with E-state index in [2.05, 4.69) is 17.4 Å². The zero-order valence-corrected chi connectivity index (χ0v) is 13.1. The number of hydrazine groups is 1. The molecule has 2 rings (SSSR count). The van der Waals surface area contributed by atoms with Gasteiger partial charge in [0, 0.05) is 6.04 Å². The number of carbonyl (C=O) groups excluding carboxylic acids is 1. The highest BCUT2D eigenvalue weighted by Crippen LogP contribution is 2.27. The van der Waals surface area contributed by atoms with Gasteiger partial charge in [0.2, 0.25) is 0 Å². The fourth-order valence-corrected chi connectivity index (χ4v) is 3.00. The van der Waals surface area contributed by atoms with Gasteiger partial charge in [-0.15, -0.1) is 6.58 Å². The lowest BCUT2D eigenvalue weighted by atomic mass is 9.83. The van der Waals surface area contributed by atoms with Crippen LogP contribution in [-0.4, -0.2) is 12.1 Å². The number of ether oxygens (including phenoxy) is 1. The van der Waals surface area contributed by atoms with Crippen LogP contribution in [0.15, 0.2) is 43.0 Å². The Labute approximate surface area is 132 Å². The van der Waals surface area contributed by atoms with Crippen LogP contribution >= 0.6 is 0 Å². The van der Waals surface area contributed by atoms with Gasteiger partial charge in [0.25, 0.3) is 0 Å². The summed E-state index contributed by atoms with van der Waals surface area (Å²) in [4.78, 5) is 11.8. The van der Waals surface area contributed by atoms with E-state index in [9.17, 15) is 4.79 Å². The number of hydrogen-bond donors (Lipinski definition) is 2. The Morgan fingerprint density at radius 1 is 1.27 bits per heavy atom. The standard InChI is InChI=1S/C18H26N2O2/c1-2-9-17(16-12-7-4-8-13-16)19-20-18(21)22-14-15-10-5-3-6-11-15/h2-3,5-6,10-11,16-17,19H,1,4,7-9,12-14H2,(H,20,21). The van der Waals surface area contributed by atoms with Gasteiger partial charge in [0.05, 0.1) is 0 Å². The smallest absolute Gasteiger partial charge is 0.421 e. The van der Waals surface area contributed by atoms with Crippen LogP contribution in [0.1, 0.15) is 44.1 Å². The van der Waals surface area contributed by atoms with Gasteiger partial charge in [-0.25, -0.2) is 10.2 Å². The van der Waals surface area contributed by atoms with Gasteiger partial charge < -0.3 is 4.74 Å². The van der Waals surface area contributed by atoms with Crippen LogP contribution in [0, 0.1) is 5.92 Å². The van der Waals surface area contributed by atoms with Crippen molar-refractivity contribution in [3.63, 3.8) is 0 Å². The molecule has 1 aliphatic carbocycles. The van der Waals surface area contributed by atoms with E-state index in [4.69, 9.17) is 4.74 Å². The summed E-state index contributed by atoms with van der Waals surface area (Å²) in [6.07, 6.45) is 8.63. The fourth-order valence-electron chi connectivity index (χ4n) is 3.00. The molecule has 1 atom stereocenters. The lowest BCUT2D eigenvalue weighted by Crippen LogP contribution is -2.48. The highest BCUT2D eigenvalue weighted by atomic mass is 16.6. The maximum Gasteiger partial charge on any atom is 0.421 e. The van der Waals surface area contributed by atoms with Crippen LogP contribution in [0.5, 0.6) is 0 Å². The second kappa shape index (κ2) is 9.26. The second-order valence-corrected chi connectivity index (χ2v) is 5.86. The van der Waals surface area contributed by atoms with E-state index >= 15 is 0 Å². The quantitative estimate of drug-likeness (QED) is 0.592. The SMILES string of the molecule is C=CCC(NNC(=O)OCc1ccccc1)C1CCCCC1. The summed E-state index contributed by atoms with van der Waals surface area (Å²) in [6.45, 7) is 4.10. The van der Waals surface area contributed by atoms with Gasteiger partial charge in [-0.1, -0.05) is 55.7 Å². The first-order valence-corrected chi connectivity index (χ1v) is 8.12. The van der Waals surface area contributed by atoms with E-state index < -0.39 is 6.09 Å². The Balaban J connectivity index is 1.73. The van der Waals surface area contributed by atoms with Crippen LogP contribution < -0.4 is 10.9 Å². The Bertz CT molecular complexity index is 455. The summed E-state index contributed by atoms with van der Waals surface area (Å²) < 4.78 is 5.21. The highest BCUT2D eigenvalue weighted by Gasteiger charge is 2.23. The van der Waals surface area contributed by atoms with Crippen LogP contribution in [-0.2, 0) is 11.3 Å². The van der Waals surface area contributed by atoms with E-state index in [-0.39, 0.29) is 12.6 Å². The molecule has 1 saturated carbocycles. The average molecular weight is 302 g/mol. The van der Waals surface area contributed by atoms with Gasteiger partial charge >= 0.3 is 6.09 Å². The molecule has 4 heteroatoms. The van der Waals surface area contributed by atoms with Crippen molar-refractivity contribution < 1.29 is 9.53 Å². The van der Waals surface area contributed by atoms with Gasteiger partial charge in [-0.05, 0) is 30.7 Å².